The minimum Gasteiger partial charge on any atom is -0.488 e. The van der Waals surface area contributed by atoms with Crippen LogP contribution >= 0.6 is 35.4 Å². The van der Waals surface area contributed by atoms with E-state index in [1.54, 1.807) is 47.4 Å². The molecule has 4 rings (SSSR count). The number of hydrogen-bond donors (Lipinski definition) is 2. The molecule has 0 aliphatic rings. The smallest absolute Gasteiger partial charge is 0.214 e. The molecular formula is C21H16Cl2FN5OS. The Morgan fingerprint density at radius 3 is 2.71 bits per heavy atom. The second kappa shape index (κ2) is 9.47. The number of nitrogens with zero attached hydrogens (tertiary/aromatic N) is 3. The number of nitrogens with one attached hydrogen (secondary N) is 2. The highest BCUT2D eigenvalue weighted by Crippen LogP contribution is 2.27. The number of aromatic amines is 1. The van der Waals surface area contributed by atoms with Gasteiger partial charge in [0.2, 0.25) is 4.77 Å². The number of H-pyrrole nitrogens is 1. The Kier molecular flexibility index (Phi) is 6.50. The second-order valence-electron chi connectivity index (χ2n) is 6.50. The lowest BCUT2D eigenvalue weighted by Gasteiger charge is -2.15. The van der Waals surface area contributed by atoms with Gasteiger partial charge in [-0.25, -0.2) is 14.2 Å². The first kappa shape index (κ1) is 21.3. The Bertz CT molecular complexity index is 1240. The van der Waals surface area contributed by atoms with E-state index in [9.17, 15) is 4.39 Å². The van der Waals surface area contributed by atoms with Gasteiger partial charge in [-0.15, -0.1) is 0 Å². The summed E-state index contributed by atoms with van der Waals surface area (Å²) < 4.78 is 22.0. The summed E-state index contributed by atoms with van der Waals surface area (Å²) in [6, 6.07) is 13.4. The van der Waals surface area contributed by atoms with E-state index in [1.165, 1.54) is 6.07 Å². The third kappa shape index (κ3) is 4.87. The highest BCUT2D eigenvalue weighted by molar-refractivity contribution is 7.71. The molecule has 0 aliphatic carbocycles. The molecule has 0 aliphatic heterocycles. The number of hydrogen-bond acceptors (Lipinski definition) is 5. The number of halogens is 3. The van der Waals surface area contributed by atoms with Crippen LogP contribution in [0.1, 0.15) is 11.1 Å². The molecule has 2 aromatic carbocycles. The molecule has 0 saturated heterocycles. The molecule has 0 radical (unpaired) electrons. The van der Waals surface area contributed by atoms with Crippen LogP contribution in [0.5, 0.6) is 5.75 Å². The summed E-state index contributed by atoms with van der Waals surface area (Å²) in [4.78, 5) is 4.02. The van der Waals surface area contributed by atoms with Crippen molar-refractivity contribution in [2.24, 2.45) is 0 Å². The summed E-state index contributed by atoms with van der Waals surface area (Å²) in [6.07, 6.45) is 3.35. The highest BCUT2D eigenvalue weighted by atomic mass is 35.5. The predicted octanol–water partition coefficient (Wildman–Crippen LogP) is 5.77. The molecule has 0 unspecified atom stereocenters. The molecule has 0 saturated carbocycles. The van der Waals surface area contributed by atoms with Crippen LogP contribution in [0.25, 0.3) is 11.4 Å². The quantitative estimate of drug-likeness (QED) is 0.332. The van der Waals surface area contributed by atoms with E-state index in [0.717, 1.165) is 11.1 Å². The van der Waals surface area contributed by atoms with Crippen LogP contribution in [0.15, 0.2) is 60.9 Å². The molecule has 31 heavy (non-hydrogen) atoms. The molecule has 2 aromatic heterocycles. The predicted molar refractivity (Wildman–Crippen MR) is 121 cm³/mol. The molecule has 2 heterocycles. The van der Waals surface area contributed by atoms with Gasteiger partial charge in [0, 0.05) is 34.1 Å². The third-order valence-electron chi connectivity index (χ3n) is 4.49. The van der Waals surface area contributed by atoms with E-state index in [0.29, 0.717) is 32.9 Å². The Morgan fingerprint density at radius 2 is 1.94 bits per heavy atom. The molecular weight excluding hydrogens is 460 g/mol. The van der Waals surface area contributed by atoms with Crippen molar-refractivity contribution in [3.8, 4) is 17.1 Å². The van der Waals surface area contributed by atoms with Gasteiger partial charge in [0.15, 0.2) is 5.82 Å². The van der Waals surface area contributed by atoms with Gasteiger partial charge in [-0.1, -0.05) is 29.3 Å². The summed E-state index contributed by atoms with van der Waals surface area (Å²) in [7, 11) is 0. The molecule has 10 heteroatoms. The lowest BCUT2D eigenvalue weighted by molar-refractivity contribution is 0.297. The Morgan fingerprint density at radius 1 is 1.13 bits per heavy atom. The summed E-state index contributed by atoms with van der Waals surface area (Å²) in [6.45, 7) is 0.306. The average molecular weight is 476 g/mol. The largest absolute Gasteiger partial charge is 0.488 e. The first-order valence-corrected chi connectivity index (χ1v) is 10.3. The van der Waals surface area contributed by atoms with Gasteiger partial charge in [-0.05, 0) is 54.7 Å². The maximum absolute atomic E-state index is 14.1. The third-order valence-corrected chi connectivity index (χ3v) is 5.36. The first-order valence-electron chi connectivity index (χ1n) is 9.19. The van der Waals surface area contributed by atoms with Crippen molar-refractivity contribution in [3.63, 3.8) is 0 Å². The lowest BCUT2D eigenvalue weighted by Crippen LogP contribution is -2.16. The molecule has 2 N–H and O–H groups in total. The van der Waals surface area contributed by atoms with Crippen LogP contribution in [-0.4, -0.2) is 19.9 Å². The SMILES string of the molecule is Fc1cccc(Cl)c1COc1ccc(Cl)cc1CNn1c(-c2ccncc2)n[nH]c1=S. The molecule has 6 nitrogen and oxygen atoms in total. The van der Waals surface area contributed by atoms with E-state index < -0.39 is 5.82 Å². The van der Waals surface area contributed by atoms with E-state index in [2.05, 4.69) is 20.6 Å². The molecule has 0 spiro atoms. The molecule has 0 bridgehead atoms. The minimum absolute atomic E-state index is 0.0203. The van der Waals surface area contributed by atoms with Crippen LogP contribution in [-0.2, 0) is 13.2 Å². The second-order valence-corrected chi connectivity index (χ2v) is 7.73. The van der Waals surface area contributed by atoms with Crippen molar-refractivity contribution < 1.29 is 9.13 Å². The average Bonchev–Trinajstić information content (AvgIpc) is 3.14. The van der Waals surface area contributed by atoms with E-state index in [1.807, 2.05) is 12.1 Å². The van der Waals surface area contributed by atoms with Gasteiger partial charge in [-0.2, -0.15) is 5.10 Å². The van der Waals surface area contributed by atoms with Crippen molar-refractivity contribution in [1.29, 1.82) is 0 Å². The lowest BCUT2D eigenvalue weighted by atomic mass is 10.2. The standard InChI is InChI=1S/C21H16Cl2FN5OS/c22-15-4-5-19(30-12-16-17(23)2-1-3-18(16)24)14(10-15)11-26-29-20(27-28-21(29)31)13-6-8-25-9-7-13/h1-10,26H,11-12H2,(H,28,31). The van der Waals surface area contributed by atoms with Crippen LogP contribution in [0.3, 0.4) is 0 Å². The van der Waals surface area contributed by atoms with E-state index in [4.69, 9.17) is 40.2 Å². The zero-order valence-electron chi connectivity index (χ0n) is 16.0. The summed E-state index contributed by atoms with van der Waals surface area (Å²) in [5.74, 6) is 0.722. The zero-order valence-corrected chi connectivity index (χ0v) is 18.3. The van der Waals surface area contributed by atoms with Crippen LogP contribution in [0.4, 0.5) is 4.39 Å². The summed E-state index contributed by atoms with van der Waals surface area (Å²) in [5.41, 5.74) is 5.10. The number of pyridine rings is 1. The Balaban J connectivity index is 1.56. The number of aromatic nitrogens is 4. The van der Waals surface area contributed by atoms with Crippen molar-refractivity contribution in [2.45, 2.75) is 13.2 Å². The van der Waals surface area contributed by atoms with Crippen molar-refractivity contribution >= 4 is 35.4 Å². The molecule has 158 valence electrons. The zero-order chi connectivity index (χ0) is 21.8. The number of ether oxygens (including phenoxy) is 1. The molecule has 0 amide bonds. The van der Waals surface area contributed by atoms with Crippen LogP contribution in [0, 0.1) is 10.6 Å². The van der Waals surface area contributed by atoms with Crippen LogP contribution < -0.4 is 10.2 Å². The van der Waals surface area contributed by atoms with Gasteiger partial charge in [0.25, 0.3) is 0 Å². The summed E-state index contributed by atoms with van der Waals surface area (Å²) in [5, 5.41) is 7.90. The van der Waals surface area contributed by atoms with Gasteiger partial charge >= 0.3 is 0 Å². The fourth-order valence-corrected chi connectivity index (χ4v) is 3.56. The maximum atomic E-state index is 14.1. The highest BCUT2D eigenvalue weighted by Gasteiger charge is 2.12. The Hall–Kier alpha value is -2.94. The molecule has 4 aromatic rings. The number of rotatable bonds is 7. The normalized spacial score (nSPS) is 10.8. The minimum atomic E-state index is -0.423. The van der Waals surface area contributed by atoms with Gasteiger partial charge in [0.05, 0.1) is 11.6 Å². The fraction of sp³-hybridized carbons (Fsp3) is 0.0952. The Labute approximate surface area is 192 Å². The molecule has 0 atom stereocenters. The molecule has 0 fully saturated rings. The summed E-state index contributed by atoms with van der Waals surface area (Å²) >= 11 is 17.6. The topological polar surface area (TPSA) is 67.8 Å². The number of benzene rings is 2. The van der Waals surface area contributed by atoms with Gasteiger partial charge in [-0.3, -0.25) is 4.98 Å². The van der Waals surface area contributed by atoms with E-state index >= 15 is 0 Å². The van der Waals surface area contributed by atoms with Crippen LogP contribution in [0.2, 0.25) is 10.0 Å². The maximum Gasteiger partial charge on any atom is 0.214 e. The fourth-order valence-electron chi connectivity index (χ4n) is 2.95. The van der Waals surface area contributed by atoms with Gasteiger partial charge < -0.3 is 10.2 Å². The van der Waals surface area contributed by atoms with Gasteiger partial charge in [0.1, 0.15) is 18.2 Å². The van der Waals surface area contributed by atoms with Crippen molar-refractivity contribution in [2.75, 3.05) is 5.43 Å². The first-order chi connectivity index (χ1) is 15.0. The van der Waals surface area contributed by atoms with E-state index in [-0.39, 0.29) is 12.2 Å². The van der Waals surface area contributed by atoms with Crippen molar-refractivity contribution in [3.05, 3.63) is 92.7 Å². The van der Waals surface area contributed by atoms with Crippen molar-refractivity contribution in [1.82, 2.24) is 19.9 Å². The monoisotopic (exact) mass is 475 g/mol.